The fourth-order valence-corrected chi connectivity index (χ4v) is 4.89. The number of carbonyl (C=O) groups is 1. The normalized spacial score (nSPS) is 20.9. The van der Waals surface area contributed by atoms with E-state index in [9.17, 15) is 9.90 Å². The molecule has 154 valence electrons. The average Bonchev–Trinajstić information content (AvgIpc) is 2.74. The van der Waals surface area contributed by atoms with Crippen LogP contribution in [0.4, 0.5) is 0 Å². The van der Waals surface area contributed by atoms with Crippen molar-refractivity contribution in [2.45, 2.75) is 50.2 Å². The standard InChI is InChI=1S/C23H28ClN3O2/c24-22-19(9-6-13-26-22)21-18-8-3-2-7-17(18)10-14-27(21)20(28)15-25-16-23(29)11-4-1-5-12-23/h2-3,6-9,13,21,25,29H,1,4-5,10-12,14-16H2. The highest BCUT2D eigenvalue weighted by molar-refractivity contribution is 6.30. The number of pyridine rings is 1. The zero-order valence-electron chi connectivity index (χ0n) is 16.6. The fourth-order valence-electron chi connectivity index (χ4n) is 4.66. The monoisotopic (exact) mass is 413 g/mol. The number of aliphatic hydroxyl groups is 1. The van der Waals surface area contributed by atoms with Gasteiger partial charge in [0.15, 0.2) is 0 Å². The van der Waals surface area contributed by atoms with Crippen LogP contribution in [0.15, 0.2) is 42.6 Å². The van der Waals surface area contributed by atoms with Crippen LogP contribution in [0.3, 0.4) is 0 Å². The molecule has 0 spiro atoms. The molecule has 1 unspecified atom stereocenters. The topological polar surface area (TPSA) is 65.5 Å². The lowest BCUT2D eigenvalue weighted by Gasteiger charge is -2.38. The van der Waals surface area contributed by atoms with Gasteiger partial charge < -0.3 is 15.3 Å². The molecule has 0 saturated heterocycles. The zero-order chi connectivity index (χ0) is 20.3. The third kappa shape index (κ3) is 4.47. The molecule has 4 rings (SSSR count). The summed E-state index contributed by atoms with van der Waals surface area (Å²) in [5.41, 5.74) is 2.51. The zero-order valence-corrected chi connectivity index (χ0v) is 17.4. The Morgan fingerprint density at radius 3 is 2.72 bits per heavy atom. The van der Waals surface area contributed by atoms with Crippen LogP contribution in [0.1, 0.15) is 54.8 Å². The van der Waals surface area contributed by atoms with E-state index < -0.39 is 5.60 Å². The van der Waals surface area contributed by atoms with Crippen LogP contribution in [0, 0.1) is 0 Å². The van der Waals surface area contributed by atoms with Crippen molar-refractivity contribution >= 4 is 17.5 Å². The highest BCUT2D eigenvalue weighted by atomic mass is 35.5. The predicted molar refractivity (Wildman–Crippen MR) is 114 cm³/mol. The molecule has 1 atom stereocenters. The summed E-state index contributed by atoms with van der Waals surface area (Å²) in [4.78, 5) is 19.3. The van der Waals surface area contributed by atoms with Crippen LogP contribution >= 0.6 is 11.6 Å². The van der Waals surface area contributed by atoms with E-state index in [4.69, 9.17) is 11.6 Å². The highest BCUT2D eigenvalue weighted by Crippen LogP contribution is 2.37. The molecule has 0 radical (unpaired) electrons. The van der Waals surface area contributed by atoms with Gasteiger partial charge in [0.25, 0.3) is 0 Å². The molecule has 5 nitrogen and oxygen atoms in total. The second kappa shape index (κ2) is 8.82. The summed E-state index contributed by atoms with van der Waals surface area (Å²) in [6.07, 6.45) is 7.38. The van der Waals surface area contributed by atoms with E-state index in [-0.39, 0.29) is 18.5 Å². The highest BCUT2D eigenvalue weighted by Gasteiger charge is 2.34. The van der Waals surface area contributed by atoms with Gasteiger partial charge in [-0.05, 0) is 36.5 Å². The van der Waals surface area contributed by atoms with Crippen molar-refractivity contribution in [3.8, 4) is 0 Å². The van der Waals surface area contributed by atoms with Crippen LogP contribution in [0.5, 0.6) is 0 Å². The predicted octanol–water partition coefficient (Wildman–Crippen LogP) is 3.49. The lowest BCUT2D eigenvalue weighted by Crippen LogP contribution is -2.48. The molecule has 2 heterocycles. The molecular formula is C23H28ClN3O2. The molecule has 0 bridgehead atoms. The second-order valence-electron chi connectivity index (χ2n) is 8.21. The van der Waals surface area contributed by atoms with Crippen molar-refractivity contribution in [2.75, 3.05) is 19.6 Å². The van der Waals surface area contributed by atoms with Gasteiger partial charge in [-0.1, -0.05) is 61.2 Å². The molecule has 6 heteroatoms. The second-order valence-corrected chi connectivity index (χ2v) is 8.57. The number of benzene rings is 1. The summed E-state index contributed by atoms with van der Waals surface area (Å²) in [6.45, 7) is 1.30. The molecular weight excluding hydrogens is 386 g/mol. The average molecular weight is 414 g/mol. The van der Waals surface area contributed by atoms with Gasteiger partial charge in [0.05, 0.1) is 18.2 Å². The van der Waals surface area contributed by atoms with Crippen molar-refractivity contribution in [3.05, 3.63) is 64.4 Å². The van der Waals surface area contributed by atoms with Gasteiger partial charge in [0, 0.05) is 24.8 Å². The summed E-state index contributed by atoms with van der Waals surface area (Å²) >= 11 is 6.42. The Morgan fingerprint density at radius 2 is 1.93 bits per heavy atom. The summed E-state index contributed by atoms with van der Waals surface area (Å²) in [7, 11) is 0. The van der Waals surface area contributed by atoms with Gasteiger partial charge in [-0.15, -0.1) is 0 Å². The van der Waals surface area contributed by atoms with Crippen LogP contribution < -0.4 is 5.32 Å². The third-order valence-electron chi connectivity index (χ3n) is 6.20. The van der Waals surface area contributed by atoms with E-state index in [0.29, 0.717) is 18.2 Å². The van der Waals surface area contributed by atoms with Gasteiger partial charge in [-0.2, -0.15) is 0 Å². The Bertz CT molecular complexity index is 867. The summed E-state index contributed by atoms with van der Waals surface area (Å²) < 4.78 is 0. The number of hydrogen-bond acceptors (Lipinski definition) is 4. The van der Waals surface area contributed by atoms with Gasteiger partial charge in [0.2, 0.25) is 5.91 Å². The fraction of sp³-hybridized carbons (Fsp3) is 0.478. The van der Waals surface area contributed by atoms with E-state index in [1.54, 1.807) is 6.20 Å². The molecule has 1 aromatic heterocycles. The van der Waals surface area contributed by atoms with Crippen molar-refractivity contribution in [1.29, 1.82) is 0 Å². The Hall–Kier alpha value is -1.95. The summed E-state index contributed by atoms with van der Waals surface area (Å²) in [6, 6.07) is 11.8. The molecule has 2 N–H and O–H groups in total. The number of carbonyl (C=O) groups excluding carboxylic acids is 1. The van der Waals surface area contributed by atoms with Gasteiger partial charge in [0.1, 0.15) is 5.15 Å². The Balaban J connectivity index is 1.52. The van der Waals surface area contributed by atoms with Crippen LogP contribution in [0.2, 0.25) is 5.15 Å². The van der Waals surface area contributed by atoms with Crippen molar-refractivity contribution < 1.29 is 9.90 Å². The Morgan fingerprint density at radius 1 is 1.17 bits per heavy atom. The van der Waals surface area contributed by atoms with E-state index in [1.807, 2.05) is 29.2 Å². The molecule has 1 aromatic carbocycles. The maximum Gasteiger partial charge on any atom is 0.237 e. The van der Waals surface area contributed by atoms with Gasteiger partial charge >= 0.3 is 0 Å². The van der Waals surface area contributed by atoms with Crippen LogP contribution in [-0.4, -0.2) is 46.1 Å². The minimum absolute atomic E-state index is 0.0174. The SMILES string of the molecule is O=C(CNCC1(O)CCCCC1)N1CCc2ccccc2C1c1cccnc1Cl. The molecule has 1 amide bonds. The Kier molecular flexibility index (Phi) is 6.18. The van der Waals surface area contributed by atoms with Crippen molar-refractivity contribution in [1.82, 2.24) is 15.2 Å². The first-order valence-corrected chi connectivity index (χ1v) is 10.9. The van der Waals surface area contributed by atoms with Crippen LogP contribution in [0.25, 0.3) is 0 Å². The maximum atomic E-state index is 13.2. The first-order valence-electron chi connectivity index (χ1n) is 10.5. The first-order chi connectivity index (χ1) is 14.1. The number of hydrogen-bond donors (Lipinski definition) is 2. The molecule has 1 aliphatic carbocycles. The van der Waals surface area contributed by atoms with E-state index in [1.165, 1.54) is 12.0 Å². The summed E-state index contributed by atoms with van der Waals surface area (Å²) in [5.74, 6) is 0.0174. The third-order valence-corrected chi connectivity index (χ3v) is 6.52. The lowest BCUT2D eigenvalue weighted by atomic mass is 9.85. The van der Waals surface area contributed by atoms with E-state index >= 15 is 0 Å². The number of nitrogens with one attached hydrogen (secondary N) is 1. The lowest BCUT2D eigenvalue weighted by molar-refractivity contribution is -0.132. The van der Waals surface area contributed by atoms with E-state index in [2.05, 4.69) is 22.4 Å². The van der Waals surface area contributed by atoms with Crippen molar-refractivity contribution in [2.24, 2.45) is 0 Å². The number of rotatable bonds is 5. The van der Waals surface area contributed by atoms with E-state index in [0.717, 1.165) is 43.2 Å². The number of fused-ring (bicyclic) bond motifs is 1. The minimum atomic E-state index is -0.681. The molecule has 1 aliphatic heterocycles. The van der Waals surface area contributed by atoms with Crippen molar-refractivity contribution in [3.63, 3.8) is 0 Å². The number of halogens is 1. The largest absolute Gasteiger partial charge is 0.389 e. The molecule has 29 heavy (non-hydrogen) atoms. The molecule has 2 aromatic rings. The maximum absolute atomic E-state index is 13.2. The first kappa shape index (κ1) is 20.3. The molecule has 1 fully saturated rings. The smallest absolute Gasteiger partial charge is 0.237 e. The van der Waals surface area contributed by atoms with Gasteiger partial charge in [-0.25, -0.2) is 4.98 Å². The minimum Gasteiger partial charge on any atom is -0.389 e. The Labute approximate surface area is 177 Å². The number of nitrogens with zero attached hydrogens (tertiary/aromatic N) is 2. The van der Waals surface area contributed by atoms with Crippen LogP contribution in [-0.2, 0) is 11.2 Å². The summed E-state index contributed by atoms with van der Waals surface area (Å²) in [5, 5.41) is 14.3. The molecule has 2 aliphatic rings. The quantitative estimate of drug-likeness (QED) is 0.736. The van der Waals surface area contributed by atoms with Gasteiger partial charge in [-0.3, -0.25) is 4.79 Å². The number of aromatic nitrogens is 1. The molecule has 1 saturated carbocycles. The number of amides is 1.